The van der Waals surface area contributed by atoms with E-state index in [0.29, 0.717) is 0 Å². The number of nitrogens with zero attached hydrogens (tertiary/aromatic N) is 2. The van der Waals surface area contributed by atoms with Crippen molar-refractivity contribution in [2.45, 2.75) is 89.6 Å². The van der Waals surface area contributed by atoms with E-state index in [-0.39, 0.29) is 41.4 Å². The molecule has 2 amide bonds. The number of carbonyl (C=O) groups is 2. The highest BCUT2D eigenvalue weighted by atomic mass is 16.5. The van der Waals surface area contributed by atoms with Crippen molar-refractivity contribution in [1.82, 2.24) is 9.80 Å². The molecule has 3 aliphatic rings. The maximum absolute atomic E-state index is 13.8. The van der Waals surface area contributed by atoms with Gasteiger partial charge in [-0.3, -0.25) is 9.59 Å². The third-order valence-corrected chi connectivity index (χ3v) is 7.87. The Morgan fingerprint density at radius 3 is 2.34 bits per heavy atom. The first-order chi connectivity index (χ1) is 13.7. The molecule has 1 aromatic rings. The minimum absolute atomic E-state index is 0.0237. The molecule has 0 radical (unpaired) electrons. The van der Waals surface area contributed by atoms with Crippen molar-refractivity contribution < 1.29 is 14.3 Å². The molecule has 3 fully saturated rings. The average molecular weight is 399 g/mol. The number of hydrogen-bond donors (Lipinski definition) is 0. The molecular formula is C24H34N2O3. The fourth-order valence-electron chi connectivity index (χ4n) is 6.32. The number of methoxy groups -OCH3 is 1. The topological polar surface area (TPSA) is 49.9 Å². The SMILES string of the molecule is COC(C)(C)C(=O)N1[C@@H](Cc2ccccc2)[C@@H]2C[C@@]3(C)[C@H](CCC[C@@H]13)N2C(C)=O. The van der Waals surface area contributed by atoms with Gasteiger partial charge in [0, 0.05) is 31.5 Å². The van der Waals surface area contributed by atoms with Gasteiger partial charge < -0.3 is 14.5 Å². The van der Waals surface area contributed by atoms with Gasteiger partial charge in [0.05, 0.1) is 12.1 Å². The summed E-state index contributed by atoms with van der Waals surface area (Å²) in [6, 6.07) is 10.8. The second kappa shape index (κ2) is 7.12. The van der Waals surface area contributed by atoms with Crippen LogP contribution in [0.3, 0.4) is 0 Å². The lowest BCUT2D eigenvalue weighted by Crippen LogP contribution is -2.66. The highest BCUT2D eigenvalue weighted by Crippen LogP contribution is 2.56. The van der Waals surface area contributed by atoms with Gasteiger partial charge in [-0.1, -0.05) is 37.3 Å². The van der Waals surface area contributed by atoms with Crippen molar-refractivity contribution in [3.63, 3.8) is 0 Å². The van der Waals surface area contributed by atoms with Gasteiger partial charge in [-0.2, -0.15) is 0 Å². The summed E-state index contributed by atoms with van der Waals surface area (Å²) in [7, 11) is 1.61. The van der Waals surface area contributed by atoms with Crippen molar-refractivity contribution in [3.8, 4) is 0 Å². The minimum atomic E-state index is -0.879. The Morgan fingerprint density at radius 2 is 1.76 bits per heavy atom. The largest absolute Gasteiger partial charge is 0.369 e. The molecular weight excluding hydrogens is 364 g/mol. The Labute approximate surface area is 174 Å². The van der Waals surface area contributed by atoms with Crippen molar-refractivity contribution in [2.75, 3.05) is 7.11 Å². The maximum Gasteiger partial charge on any atom is 0.254 e. The third-order valence-electron chi connectivity index (χ3n) is 7.87. The van der Waals surface area contributed by atoms with Crippen LogP contribution >= 0.6 is 0 Å². The van der Waals surface area contributed by atoms with Crippen LogP contribution in [0, 0.1) is 5.41 Å². The zero-order chi connectivity index (χ0) is 21.0. The van der Waals surface area contributed by atoms with Crippen LogP contribution in [0.2, 0.25) is 0 Å². The number of ether oxygens (including phenoxy) is 1. The number of carbonyl (C=O) groups excluding carboxylic acids is 2. The van der Waals surface area contributed by atoms with Gasteiger partial charge >= 0.3 is 0 Å². The second-order valence-electron chi connectivity index (χ2n) is 9.85. The van der Waals surface area contributed by atoms with Gasteiger partial charge in [0.15, 0.2) is 0 Å². The fraction of sp³-hybridized carbons (Fsp3) is 0.667. The van der Waals surface area contributed by atoms with Gasteiger partial charge in [-0.25, -0.2) is 0 Å². The van der Waals surface area contributed by atoms with Gasteiger partial charge in [-0.15, -0.1) is 0 Å². The molecule has 29 heavy (non-hydrogen) atoms. The molecule has 0 spiro atoms. The number of likely N-dealkylation sites (tertiary alicyclic amines) is 2. The van der Waals surface area contributed by atoms with E-state index in [4.69, 9.17) is 4.74 Å². The minimum Gasteiger partial charge on any atom is -0.369 e. The van der Waals surface area contributed by atoms with Crippen LogP contribution in [-0.2, 0) is 20.7 Å². The summed E-state index contributed by atoms with van der Waals surface area (Å²) in [5.74, 6) is 0.190. The summed E-state index contributed by atoms with van der Waals surface area (Å²) < 4.78 is 5.62. The van der Waals surface area contributed by atoms with Crippen LogP contribution in [0.25, 0.3) is 0 Å². The van der Waals surface area contributed by atoms with Crippen molar-refractivity contribution in [1.29, 1.82) is 0 Å². The van der Waals surface area contributed by atoms with Crippen LogP contribution in [0.4, 0.5) is 0 Å². The van der Waals surface area contributed by atoms with Gasteiger partial charge in [0.1, 0.15) is 5.60 Å². The number of amides is 2. The molecule has 1 saturated carbocycles. The lowest BCUT2D eigenvalue weighted by molar-refractivity contribution is -0.164. The van der Waals surface area contributed by atoms with E-state index in [1.165, 1.54) is 5.56 Å². The van der Waals surface area contributed by atoms with E-state index >= 15 is 0 Å². The predicted molar refractivity (Wildman–Crippen MR) is 112 cm³/mol. The molecule has 0 N–H and O–H groups in total. The smallest absolute Gasteiger partial charge is 0.254 e. The van der Waals surface area contributed by atoms with E-state index in [0.717, 1.165) is 32.1 Å². The maximum atomic E-state index is 13.8. The van der Waals surface area contributed by atoms with Crippen LogP contribution < -0.4 is 0 Å². The Kier molecular flexibility index (Phi) is 5.01. The first-order valence-corrected chi connectivity index (χ1v) is 10.9. The molecule has 5 heteroatoms. The molecule has 1 aliphatic carbocycles. The van der Waals surface area contributed by atoms with E-state index < -0.39 is 5.60 Å². The summed E-state index contributed by atoms with van der Waals surface area (Å²) in [5.41, 5.74) is 0.288. The molecule has 4 rings (SSSR count). The molecule has 2 saturated heterocycles. The van der Waals surface area contributed by atoms with Gasteiger partial charge in [0.25, 0.3) is 5.91 Å². The van der Waals surface area contributed by atoms with Crippen LogP contribution in [0.15, 0.2) is 30.3 Å². The number of rotatable bonds is 4. The lowest BCUT2D eigenvalue weighted by Gasteiger charge is -2.54. The quantitative estimate of drug-likeness (QED) is 0.781. The number of piperidine rings is 1. The number of benzene rings is 1. The summed E-state index contributed by atoms with van der Waals surface area (Å²) in [6.07, 6.45) is 4.84. The molecule has 5 nitrogen and oxygen atoms in total. The van der Waals surface area contributed by atoms with E-state index in [1.807, 2.05) is 32.0 Å². The highest BCUT2D eigenvalue weighted by Gasteiger charge is 2.65. The number of fused-ring (bicyclic) bond motifs is 1. The van der Waals surface area contributed by atoms with Gasteiger partial charge in [-0.05, 0) is 51.5 Å². The van der Waals surface area contributed by atoms with Crippen LogP contribution in [0.5, 0.6) is 0 Å². The average Bonchev–Trinajstić information content (AvgIpc) is 3.01. The zero-order valence-corrected chi connectivity index (χ0v) is 18.4. The van der Waals surface area contributed by atoms with Crippen molar-refractivity contribution in [3.05, 3.63) is 35.9 Å². The second-order valence-corrected chi connectivity index (χ2v) is 9.85. The Balaban J connectivity index is 1.82. The third kappa shape index (κ3) is 3.09. The molecule has 2 aliphatic heterocycles. The molecule has 158 valence electrons. The molecule has 2 bridgehead atoms. The Morgan fingerprint density at radius 1 is 1.14 bits per heavy atom. The highest BCUT2D eigenvalue weighted by molar-refractivity contribution is 5.86. The summed E-state index contributed by atoms with van der Waals surface area (Å²) >= 11 is 0. The Hall–Kier alpha value is -1.88. The summed E-state index contributed by atoms with van der Waals surface area (Å²) in [6.45, 7) is 7.71. The first kappa shape index (κ1) is 20.4. The monoisotopic (exact) mass is 398 g/mol. The van der Waals surface area contributed by atoms with E-state index in [1.54, 1.807) is 14.0 Å². The fourth-order valence-corrected chi connectivity index (χ4v) is 6.32. The normalized spacial score (nSPS) is 33.7. The standard InChI is InChI=1S/C24H34N2O3/c1-16(27)25-19-15-24(4)20(25)12-9-13-21(24)26(22(28)23(2,3)29-5)18(19)14-17-10-7-6-8-11-17/h6-8,10-11,18-21H,9,12-15H2,1-5H3/t18-,19-,20-,21+,24-/m0/s1. The first-order valence-electron chi connectivity index (χ1n) is 10.9. The summed E-state index contributed by atoms with van der Waals surface area (Å²) in [4.78, 5) is 30.8. The molecule has 5 atom stereocenters. The van der Waals surface area contributed by atoms with E-state index in [9.17, 15) is 9.59 Å². The molecule has 1 aromatic carbocycles. The van der Waals surface area contributed by atoms with E-state index in [2.05, 4.69) is 28.9 Å². The van der Waals surface area contributed by atoms with Crippen LogP contribution in [-0.4, -0.2) is 58.5 Å². The number of hydrogen-bond acceptors (Lipinski definition) is 3. The molecule has 2 heterocycles. The van der Waals surface area contributed by atoms with Crippen molar-refractivity contribution in [2.24, 2.45) is 5.41 Å². The van der Waals surface area contributed by atoms with Crippen molar-refractivity contribution >= 4 is 11.8 Å². The molecule has 0 aromatic heterocycles. The summed E-state index contributed by atoms with van der Waals surface area (Å²) in [5, 5.41) is 0. The lowest BCUT2D eigenvalue weighted by atomic mass is 9.64. The van der Waals surface area contributed by atoms with Gasteiger partial charge in [0.2, 0.25) is 5.91 Å². The molecule has 0 unspecified atom stereocenters. The zero-order valence-electron chi connectivity index (χ0n) is 18.4. The predicted octanol–water partition coefficient (Wildman–Crippen LogP) is 3.41. The van der Waals surface area contributed by atoms with Crippen LogP contribution in [0.1, 0.15) is 58.9 Å². The Bertz CT molecular complexity index is 793.